The van der Waals surface area contributed by atoms with Gasteiger partial charge in [0.05, 0.1) is 13.2 Å². The minimum Gasteiger partial charge on any atom is -0.346 e. The van der Waals surface area contributed by atoms with Gasteiger partial charge in [0, 0.05) is 11.4 Å². The summed E-state index contributed by atoms with van der Waals surface area (Å²) >= 11 is 0. The molecule has 3 rings (SSSR count). The van der Waals surface area contributed by atoms with Crippen molar-refractivity contribution >= 4 is 17.2 Å². The molecule has 0 aromatic heterocycles. The molecule has 114 valence electrons. The number of rotatable bonds is 2. The molecule has 3 nitrogen and oxygen atoms in total. The first-order valence-corrected chi connectivity index (χ1v) is 7.71. The van der Waals surface area contributed by atoms with Crippen LogP contribution in [0.2, 0.25) is 0 Å². The van der Waals surface area contributed by atoms with Crippen molar-refractivity contribution in [3.05, 3.63) is 58.7 Å². The molecule has 3 heteroatoms. The highest BCUT2D eigenvalue weighted by Crippen LogP contribution is 2.32. The molecule has 0 unspecified atom stereocenters. The first-order valence-electron chi connectivity index (χ1n) is 7.71. The normalized spacial score (nSPS) is 14.8. The van der Waals surface area contributed by atoms with Crippen LogP contribution in [0.1, 0.15) is 22.3 Å². The fraction of sp³-hybridized carbons (Fsp3) is 0.316. The molecular weight excluding hydrogens is 270 g/mol. The van der Waals surface area contributed by atoms with Crippen molar-refractivity contribution < 1.29 is 0 Å². The quantitative estimate of drug-likeness (QED) is 0.900. The zero-order valence-electron chi connectivity index (χ0n) is 13.8. The van der Waals surface area contributed by atoms with Gasteiger partial charge >= 0.3 is 0 Å². The molecular formula is C19H23N3. The summed E-state index contributed by atoms with van der Waals surface area (Å²) in [6.07, 6.45) is 0. The minimum atomic E-state index is 0.666. The Morgan fingerprint density at radius 1 is 0.773 bits per heavy atom. The molecule has 1 aliphatic heterocycles. The van der Waals surface area contributed by atoms with Crippen LogP contribution in [-0.4, -0.2) is 19.0 Å². The number of hydrogen-bond acceptors (Lipinski definition) is 2. The molecule has 1 fully saturated rings. The van der Waals surface area contributed by atoms with E-state index >= 15 is 0 Å². The molecule has 0 radical (unpaired) electrons. The molecule has 0 atom stereocenters. The molecule has 1 heterocycles. The van der Waals surface area contributed by atoms with Crippen LogP contribution in [0.5, 0.6) is 0 Å². The summed E-state index contributed by atoms with van der Waals surface area (Å²) < 4.78 is 0. The van der Waals surface area contributed by atoms with Crippen molar-refractivity contribution in [2.45, 2.75) is 27.7 Å². The van der Waals surface area contributed by atoms with Gasteiger partial charge in [-0.15, -0.1) is 0 Å². The van der Waals surface area contributed by atoms with Gasteiger partial charge in [0.1, 0.15) is 5.84 Å². The van der Waals surface area contributed by atoms with E-state index in [1.54, 1.807) is 0 Å². The third-order valence-corrected chi connectivity index (χ3v) is 4.44. The highest BCUT2D eigenvalue weighted by atomic mass is 15.4. The summed E-state index contributed by atoms with van der Waals surface area (Å²) in [5.74, 6) is 0.667. The average Bonchev–Trinajstić information content (AvgIpc) is 2.80. The van der Waals surface area contributed by atoms with E-state index in [1.165, 1.54) is 33.6 Å². The number of hydrogen-bond donors (Lipinski definition) is 1. The maximum absolute atomic E-state index is 8.44. The Morgan fingerprint density at radius 3 is 1.73 bits per heavy atom. The number of anilines is 2. The molecule has 2 aromatic carbocycles. The summed E-state index contributed by atoms with van der Waals surface area (Å²) in [4.78, 5) is 4.44. The SMILES string of the molecule is Cc1cccc(C)c1N1CC(=N)N(c2c(C)cccc2C)C1. The van der Waals surface area contributed by atoms with Gasteiger partial charge in [-0.3, -0.25) is 5.41 Å². The Balaban J connectivity index is 1.98. The summed E-state index contributed by atoms with van der Waals surface area (Å²) in [6.45, 7) is 9.95. The van der Waals surface area contributed by atoms with Crippen LogP contribution >= 0.6 is 0 Å². The van der Waals surface area contributed by atoms with Crippen molar-refractivity contribution in [1.29, 1.82) is 5.41 Å². The van der Waals surface area contributed by atoms with E-state index in [9.17, 15) is 0 Å². The van der Waals surface area contributed by atoms with Gasteiger partial charge in [-0.2, -0.15) is 0 Å². The Bertz CT molecular complexity index is 693. The van der Waals surface area contributed by atoms with Gasteiger partial charge in [0.2, 0.25) is 0 Å². The maximum atomic E-state index is 8.44. The smallest absolute Gasteiger partial charge is 0.122 e. The van der Waals surface area contributed by atoms with Crippen molar-refractivity contribution in [3.63, 3.8) is 0 Å². The van der Waals surface area contributed by atoms with Crippen molar-refractivity contribution in [2.24, 2.45) is 0 Å². The number of benzene rings is 2. The minimum absolute atomic E-state index is 0.666. The average molecular weight is 293 g/mol. The molecule has 0 spiro atoms. The van der Waals surface area contributed by atoms with Crippen LogP contribution in [-0.2, 0) is 0 Å². The van der Waals surface area contributed by atoms with Crippen LogP contribution in [0, 0.1) is 33.1 Å². The predicted octanol–water partition coefficient (Wildman–Crippen LogP) is 4.18. The second-order valence-corrected chi connectivity index (χ2v) is 6.19. The van der Waals surface area contributed by atoms with Crippen molar-refractivity contribution in [3.8, 4) is 0 Å². The van der Waals surface area contributed by atoms with Crippen molar-refractivity contribution in [1.82, 2.24) is 0 Å². The molecule has 1 N–H and O–H groups in total. The fourth-order valence-electron chi connectivity index (χ4n) is 3.46. The summed E-state index contributed by atoms with van der Waals surface area (Å²) in [7, 11) is 0. The lowest BCUT2D eigenvalue weighted by molar-refractivity contribution is 0.938. The zero-order valence-corrected chi connectivity index (χ0v) is 13.8. The third kappa shape index (κ3) is 2.37. The van der Waals surface area contributed by atoms with Crippen molar-refractivity contribution in [2.75, 3.05) is 23.0 Å². The van der Waals surface area contributed by atoms with E-state index in [-0.39, 0.29) is 0 Å². The van der Waals surface area contributed by atoms with Gasteiger partial charge in [0.15, 0.2) is 0 Å². The topological polar surface area (TPSA) is 30.3 Å². The number of para-hydroxylation sites is 2. The lowest BCUT2D eigenvalue weighted by Crippen LogP contribution is -2.28. The molecule has 0 saturated carbocycles. The summed E-state index contributed by atoms with van der Waals surface area (Å²) in [5, 5.41) is 8.44. The lowest BCUT2D eigenvalue weighted by atomic mass is 10.1. The number of amidine groups is 1. The Morgan fingerprint density at radius 2 is 1.23 bits per heavy atom. The first-order chi connectivity index (χ1) is 10.5. The number of nitrogens with zero attached hydrogens (tertiary/aromatic N) is 2. The van der Waals surface area contributed by atoms with Gasteiger partial charge in [0.25, 0.3) is 0 Å². The summed E-state index contributed by atoms with van der Waals surface area (Å²) in [6, 6.07) is 12.7. The number of aryl methyl sites for hydroxylation is 4. The molecule has 22 heavy (non-hydrogen) atoms. The largest absolute Gasteiger partial charge is 0.346 e. The van der Waals surface area contributed by atoms with E-state index in [2.05, 4.69) is 73.9 Å². The van der Waals surface area contributed by atoms with Gasteiger partial charge < -0.3 is 9.80 Å². The number of nitrogens with one attached hydrogen (secondary N) is 1. The highest BCUT2D eigenvalue weighted by molar-refractivity contribution is 6.03. The fourth-order valence-corrected chi connectivity index (χ4v) is 3.46. The zero-order chi connectivity index (χ0) is 15.9. The van der Waals surface area contributed by atoms with E-state index in [0.29, 0.717) is 12.4 Å². The molecule has 2 aromatic rings. The highest BCUT2D eigenvalue weighted by Gasteiger charge is 2.29. The van der Waals surface area contributed by atoms with Crippen LogP contribution in [0.15, 0.2) is 36.4 Å². The van der Waals surface area contributed by atoms with E-state index in [0.717, 1.165) is 6.67 Å². The molecule has 1 aliphatic rings. The standard InChI is InChI=1S/C19H23N3/c1-13-7-5-8-14(2)18(13)21-11-17(20)22(12-21)19-15(3)9-6-10-16(19)4/h5-10,20H,11-12H2,1-4H3. The summed E-state index contributed by atoms with van der Waals surface area (Å²) in [5.41, 5.74) is 7.45. The van der Waals surface area contributed by atoms with Crippen LogP contribution in [0.25, 0.3) is 0 Å². The van der Waals surface area contributed by atoms with E-state index < -0.39 is 0 Å². The third-order valence-electron chi connectivity index (χ3n) is 4.44. The predicted molar refractivity (Wildman–Crippen MR) is 94.3 cm³/mol. The second-order valence-electron chi connectivity index (χ2n) is 6.19. The lowest BCUT2D eigenvalue weighted by Gasteiger charge is -2.25. The Kier molecular flexibility index (Phi) is 3.65. The van der Waals surface area contributed by atoms with Crippen LogP contribution in [0.3, 0.4) is 0 Å². The monoisotopic (exact) mass is 293 g/mol. The van der Waals surface area contributed by atoms with E-state index in [1.807, 2.05) is 0 Å². The van der Waals surface area contributed by atoms with Crippen LogP contribution < -0.4 is 9.80 Å². The first kappa shape index (κ1) is 14.6. The van der Waals surface area contributed by atoms with Gasteiger partial charge in [-0.1, -0.05) is 36.4 Å². The van der Waals surface area contributed by atoms with E-state index in [4.69, 9.17) is 5.41 Å². The molecule has 0 amide bonds. The van der Waals surface area contributed by atoms with Gasteiger partial charge in [-0.05, 0) is 49.9 Å². The van der Waals surface area contributed by atoms with Crippen LogP contribution in [0.4, 0.5) is 11.4 Å². The second kappa shape index (κ2) is 5.48. The Labute approximate surface area is 132 Å². The Hall–Kier alpha value is -2.29. The molecule has 1 saturated heterocycles. The maximum Gasteiger partial charge on any atom is 0.122 e. The molecule has 0 aliphatic carbocycles. The van der Waals surface area contributed by atoms with Gasteiger partial charge in [-0.25, -0.2) is 0 Å². The molecule has 0 bridgehead atoms.